The predicted octanol–water partition coefficient (Wildman–Crippen LogP) is 0.525. The highest BCUT2D eigenvalue weighted by atomic mass is 16.5. The molecule has 8 nitrogen and oxygen atoms in total. The van der Waals surface area contributed by atoms with E-state index in [9.17, 15) is 9.59 Å². The first kappa shape index (κ1) is 16.6. The fourth-order valence-corrected chi connectivity index (χ4v) is 2.18. The fourth-order valence-electron chi connectivity index (χ4n) is 2.18. The van der Waals surface area contributed by atoms with Gasteiger partial charge in [0.15, 0.2) is 0 Å². The average Bonchev–Trinajstić information content (AvgIpc) is 3.07. The first-order valence-electron chi connectivity index (χ1n) is 7.23. The summed E-state index contributed by atoms with van der Waals surface area (Å²) in [7, 11) is 1.32. The molecule has 0 bridgehead atoms. The summed E-state index contributed by atoms with van der Waals surface area (Å²) in [6.07, 6.45) is 1.96. The summed E-state index contributed by atoms with van der Waals surface area (Å²) in [6, 6.07) is 8.66. The number of hydrogen-bond donors (Lipinski definition) is 1. The van der Waals surface area contributed by atoms with Crippen molar-refractivity contribution in [3.63, 3.8) is 0 Å². The molecule has 0 fully saturated rings. The van der Waals surface area contributed by atoms with Crippen molar-refractivity contribution in [3.8, 4) is 0 Å². The van der Waals surface area contributed by atoms with Crippen molar-refractivity contribution in [3.05, 3.63) is 42.2 Å². The van der Waals surface area contributed by atoms with Crippen LogP contribution in [0.2, 0.25) is 0 Å². The van der Waals surface area contributed by atoms with Crippen LogP contribution in [0.25, 0.3) is 0 Å². The molecule has 2 rings (SSSR count). The Morgan fingerprint density at radius 3 is 2.65 bits per heavy atom. The number of nitrogens with one attached hydrogen (secondary N) is 1. The molecule has 2 unspecified atom stereocenters. The molecule has 2 atom stereocenters. The lowest BCUT2D eigenvalue weighted by atomic mass is 10.0. The van der Waals surface area contributed by atoms with E-state index in [0.717, 1.165) is 5.56 Å². The standard InChI is InChI=1S/C15H19N5O3/c1-11(8-14(21)23-2)17-15(22)13(20-10-16-18-19-20)9-12-6-4-3-5-7-12/h3-7,10-11,13H,8-9H2,1-2H3,(H,17,22). The maximum atomic E-state index is 12.5. The van der Waals surface area contributed by atoms with Crippen LogP contribution in [-0.4, -0.2) is 45.2 Å². The van der Waals surface area contributed by atoms with Gasteiger partial charge in [-0.15, -0.1) is 5.10 Å². The molecule has 0 radical (unpaired) electrons. The molecular formula is C15H19N5O3. The minimum atomic E-state index is -0.590. The molecule has 1 N–H and O–H groups in total. The Labute approximate surface area is 133 Å². The molecule has 1 amide bonds. The second-order valence-corrected chi connectivity index (χ2v) is 5.19. The summed E-state index contributed by atoms with van der Waals surface area (Å²) in [5, 5.41) is 13.8. The van der Waals surface area contributed by atoms with Crippen molar-refractivity contribution in [1.29, 1.82) is 0 Å². The highest BCUT2D eigenvalue weighted by Gasteiger charge is 2.24. The number of carbonyl (C=O) groups is 2. The number of hydrogen-bond acceptors (Lipinski definition) is 6. The molecular weight excluding hydrogens is 298 g/mol. The molecule has 23 heavy (non-hydrogen) atoms. The van der Waals surface area contributed by atoms with Gasteiger partial charge < -0.3 is 10.1 Å². The minimum absolute atomic E-state index is 0.107. The van der Waals surface area contributed by atoms with Crippen LogP contribution in [-0.2, 0) is 20.7 Å². The maximum absolute atomic E-state index is 12.5. The van der Waals surface area contributed by atoms with E-state index in [2.05, 4.69) is 25.6 Å². The molecule has 1 aromatic heterocycles. The van der Waals surface area contributed by atoms with E-state index in [1.54, 1.807) is 6.92 Å². The third-order valence-corrected chi connectivity index (χ3v) is 3.35. The average molecular weight is 317 g/mol. The summed E-state index contributed by atoms with van der Waals surface area (Å²) in [4.78, 5) is 23.8. The summed E-state index contributed by atoms with van der Waals surface area (Å²) >= 11 is 0. The van der Waals surface area contributed by atoms with Gasteiger partial charge in [0.1, 0.15) is 12.4 Å². The van der Waals surface area contributed by atoms with Gasteiger partial charge >= 0.3 is 5.97 Å². The van der Waals surface area contributed by atoms with Crippen molar-refractivity contribution >= 4 is 11.9 Å². The summed E-state index contributed by atoms with van der Waals surface area (Å²) in [6.45, 7) is 1.74. The van der Waals surface area contributed by atoms with Crippen LogP contribution in [0.3, 0.4) is 0 Å². The lowest BCUT2D eigenvalue weighted by Crippen LogP contribution is -2.40. The Kier molecular flexibility index (Phi) is 5.79. The lowest BCUT2D eigenvalue weighted by Gasteiger charge is -2.19. The Bertz CT molecular complexity index is 630. The van der Waals surface area contributed by atoms with Crippen molar-refractivity contribution < 1.29 is 14.3 Å². The van der Waals surface area contributed by atoms with Gasteiger partial charge in [-0.05, 0) is 22.9 Å². The molecule has 0 aliphatic heterocycles. The zero-order valence-corrected chi connectivity index (χ0v) is 13.0. The first-order chi connectivity index (χ1) is 11.1. The largest absolute Gasteiger partial charge is 0.469 e. The highest BCUT2D eigenvalue weighted by Crippen LogP contribution is 2.13. The lowest BCUT2D eigenvalue weighted by molar-refractivity contribution is -0.141. The Morgan fingerprint density at radius 2 is 2.04 bits per heavy atom. The number of nitrogens with zero attached hydrogens (tertiary/aromatic N) is 4. The van der Waals surface area contributed by atoms with Crippen LogP contribution < -0.4 is 5.32 Å². The van der Waals surface area contributed by atoms with Gasteiger partial charge in [-0.3, -0.25) is 9.59 Å². The van der Waals surface area contributed by atoms with Crippen molar-refractivity contribution in [1.82, 2.24) is 25.5 Å². The topological polar surface area (TPSA) is 99.0 Å². The first-order valence-corrected chi connectivity index (χ1v) is 7.23. The molecule has 8 heteroatoms. The van der Waals surface area contributed by atoms with Gasteiger partial charge in [0.05, 0.1) is 13.5 Å². The van der Waals surface area contributed by atoms with Crippen LogP contribution >= 0.6 is 0 Å². The number of tetrazole rings is 1. The SMILES string of the molecule is COC(=O)CC(C)NC(=O)C(Cc1ccccc1)n1cnnn1. The third-order valence-electron chi connectivity index (χ3n) is 3.35. The highest BCUT2D eigenvalue weighted by molar-refractivity contribution is 5.81. The van der Waals surface area contributed by atoms with Gasteiger partial charge in [-0.25, -0.2) is 4.68 Å². The van der Waals surface area contributed by atoms with E-state index in [4.69, 9.17) is 0 Å². The summed E-state index contributed by atoms with van der Waals surface area (Å²) in [5.74, 6) is -0.627. The molecule has 0 spiro atoms. The smallest absolute Gasteiger partial charge is 0.307 e. The fraction of sp³-hybridized carbons (Fsp3) is 0.400. The van der Waals surface area contributed by atoms with Gasteiger partial charge in [-0.1, -0.05) is 30.3 Å². The van der Waals surface area contributed by atoms with Crippen LogP contribution in [0.4, 0.5) is 0 Å². The number of ether oxygens (including phenoxy) is 1. The zero-order chi connectivity index (χ0) is 16.7. The number of carbonyl (C=O) groups excluding carboxylic acids is 2. The second kappa shape index (κ2) is 8.02. The number of methoxy groups -OCH3 is 1. The van der Waals surface area contributed by atoms with Crippen molar-refractivity contribution in [2.24, 2.45) is 0 Å². The van der Waals surface area contributed by atoms with Crippen LogP contribution in [0.15, 0.2) is 36.7 Å². The molecule has 0 saturated heterocycles. The van der Waals surface area contributed by atoms with Crippen LogP contribution in [0, 0.1) is 0 Å². The van der Waals surface area contributed by atoms with Gasteiger partial charge in [-0.2, -0.15) is 0 Å². The minimum Gasteiger partial charge on any atom is -0.469 e. The number of esters is 1. The van der Waals surface area contributed by atoms with Crippen LogP contribution in [0.1, 0.15) is 24.9 Å². The van der Waals surface area contributed by atoms with E-state index in [1.807, 2.05) is 30.3 Å². The van der Waals surface area contributed by atoms with E-state index in [0.29, 0.717) is 6.42 Å². The van der Waals surface area contributed by atoms with E-state index in [1.165, 1.54) is 18.1 Å². The van der Waals surface area contributed by atoms with Gasteiger partial charge in [0, 0.05) is 12.5 Å². The van der Waals surface area contributed by atoms with E-state index < -0.39 is 6.04 Å². The van der Waals surface area contributed by atoms with Gasteiger partial charge in [0.25, 0.3) is 0 Å². The maximum Gasteiger partial charge on any atom is 0.307 e. The second-order valence-electron chi connectivity index (χ2n) is 5.19. The molecule has 0 saturated carbocycles. The van der Waals surface area contributed by atoms with Crippen molar-refractivity contribution in [2.75, 3.05) is 7.11 Å². The Hall–Kier alpha value is -2.77. The molecule has 0 aliphatic rings. The normalized spacial score (nSPS) is 13.1. The zero-order valence-electron chi connectivity index (χ0n) is 13.0. The third kappa shape index (κ3) is 4.87. The van der Waals surface area contributed by atoms with E-state index in [-0.39, 0.29) is 24.3 Å². The molecule has 1 heterocycles. The van der Waals surface area contributed by atoms with Crippen LogP contribution in [0.5, 0.6) is 0 Å². The monoisotopic (exact) mass is 317 g/mol. The Morgan fingerprint density at radius 1 is 1.30 bits per heavy atom. The number of rotatable bonds is 7. The van der Waals surface area contributed by atoms with Gasteiger partial charge in [0.2, 0.25) is 5.91 Å². The van der Waals surface area contributed by atoms with E-state index >= 15 is 0 Å². The number of aromatic nitrogens is 4. The quantitative estimate of drug-likeness (QED) is 0.748. The molecule has 122 valence electrons. The number of benzene rings is 1. The predicted molar refractivity (Wildman–Crippen MR) is 81.2 cm³/mol. The van der Waals surface area contributed by atoms with Crippen molar-refractivity contribution in [2.45, 2.75) is 31.8 Å². The molecule has 1 aromatic carbocycles. The Balaban J connectivity index is 2.08. The molecule has 2 aromatic rings. The number of amides is 1. The summed E-state index contributed by atoms with van der Waals surface area (Å²) < 4.78 is 6.01. The molecule has 0 aliphatic carbocycles. The summed E-state index contributed by atoms with van der Waals surface area (Å²) in [5.41, 5.74) is 0.990.